The first-order chi connectivity index (χ1) is 9.66. The molecule has 0 aliphatic carbocycles. The quantitative estimate of drug-likeness (QED) is 0.673. The average molecular weight is 296 g/mol. The van der Waals surface area contributed by atoms with Gasteiger partial charge in [-0.2, -0.15) is 0 Å². The Hall–Kier alpha value is -2.12. The topological polar surface area (TPSA) is 102 Å². The van der Waals surface area contributed by atoms with Crippen LogP contribution in [0.25, 0.3) is 0 Å². The summed E-state index contributed by atoms with van der Waals surface area (Å²) >= 11 is 0. The van der Waals surface area contributed by atoms with Crippen LogP contribution in [0.3, 0.4) is 0 Å². The molecule has 1 unspecified atom stereocenters. The number of nitrogens with zero attached hydrogens (tertiary/aromatic N) is 4. The molecule has 0 spiro atoms. The van der Waals surface area contributed by atoms with Crippen molar-refractivity contribution in [2.75, 3.05) is 11.4 Å². The van der Waals surface area contributed by atoms with Gasteiger partial charge in [0.05, 0.1) is 0 Å². The fourth-order valence-corrected chi connectivity index (χ4v) is 3.11. The maximum absolute atomic E-state index is 11.7. The molecule has 8 heteroatoms. The number of nitro groups is 1. The predicted octanol–water partition coefficient (Wildman–Crippen LogP) is 1.72. The predicted molar refractivity (Wildman–Crippen MR) is 76.4 cm³/mol. The molecule has 1 saturated heterocycles. The van der Waals surface area contributed by atoms with Crippen molar-refractivity contribution >= 4 is 17.6 Å². The van der Waals surface area contributed by atoms with Crippen LogP contribution >= 0.6 is 0 Å². The molecule has 1 aliphatic rings. The number of carbonyl (C=O) groups is 1. The van der Waals surface area contributed by atoms with Gasteiger partial charge in [-0.25, -0.2) is 4.79 Å². The number of anilines is 1. The number of aryl methyl sites for hydroxylation is 1. The van der Waals surface area contributed by atoms with E-state index >= 15 is 0 Å². The van der Waals surface area contributed by atoms with Gasteiger partial charge >= 0.3 is 11.8 Å². The summed E-state index contributed by atoms with van der Waals surface area (Å²) in [7, 11) is 1.67. The Bertz CT molecular complexity index is 593. The van der Waals surface area contributed by atoms with Gasteiger partial charge in [-0.15, -0.1) is 0 Å². The molecule has 2 heterocycles. The highest BCUT2D eigenvalue weighted by Gasteiger charge is 2.46. The summed E-state index contributed by atoms with van der Waals surface area (Å²) in [6.45, 7) is 5.90. The number of piperidine rings is 1. The molecule has 1 atom stereocenters. The molecule has 0 saturated carbocycles. The zero-order valence-corrected chi connectivity index (χ0v) is 12.7. The van der Waals surface area contributed by atoms with Gasteiger partial charge in [0.1, 0.15) is 6.04 Å². The normalized spacial score (nSPS) is 21.3. The summed E-state index contributed by atoms with van der Waals surface area (Å²) in [5.74, 6) is -0.478. The lowest BCUT2D eigenvalue weighted by atomic mass is 9.76. The molecule has 1 fully saturated rings. The maximum Gasteiger partial charge on any atom is 0.406 e. The zero-order valence-electron chi connectivity index (χ0n) is 12.7. The first-order valence-electron chi connectivity index (χ1n) is 6.84. The summed E-state index contributed by atoms with van der Waals surface area (Å²) in [5, 5.41) is 20.8. The van der Waals surface area contributed by atoms with Crippen LogP contribution < -0.4 is 4.90 Å². The van der Waals surface area contributed by atoms with E-state index in [0.717, 1.165) is 12.8 Å². The van der Waals surface area contributed by atoms with E-state index in [1.54, 1.807) is 23.4 Å². The van der Waals surface area contributed by atoms with Gasteiger partial charge in [0, 0.05) is 20.5 Å². The second-order valence-electron chi connectivity index (χ2n) is 6.15. The van der Waals surface area contributed by atoms with Crippen LogP contribution in [0.15, 0.2) is 0 Å². The Morgan fingerprint density at radius 2 is 2.14 bits per heavy atom. The Morgan fingerprint density at radius 1 is 1.52 bits per heavy atom. The Kier molecular flexibility index (Phi) is 3.65. The molecule has 0 amide bonds. The molecule has 8 nitrogen and oxygen atoms in total. The van der Waals surface area contributed by atoms with E-state index in [1.807, 2.05) is 13.8 Å². The number of carboxylic acids is 1. The lowest BCUT2D eigenvalue weighted by Crippen LogP contribution is -2.55. The number of aliphatic carboxylic acids is 1. The van der Waals surface area contributed by atoms with Crippen molar-refractivity contribution in [3.63, 3.8) is 0 Å². The molecule has 1 aliphatic heterocycles. The summed E-state index contributed by atoms with van der Waals surface area (Å²) in [6, 6.07) is -0.806. The average Bonchev–Trinajstić information content (AvgIpc) is 2.64. The number of rotatable bonds is 3. The van der Waals surface area contributed by atoms with E-state index in [9.17, 15) is 20.0 Å². The molecular formula is C13H20N4O4. The number of aromatic nitrogens is 2. The van der Waals surface area contributed by atoms with Crippen LogP contribution in [0.4, 0.5) is 11.6 Å². The molecule has 1 aromatic rings. The Morgan fingerprint density at radius 3 is 2.67 bits per heavy atom. The molecule has 21 heavy (non-hydrogen) atoms. The molecule has 2 rings (SSSR count). The van der Waals surface area contributed by atoms with Crippen molar-refractivity contribution in [2.45, 2.75) is 39.7 Å². The molecule has 1 N–H and O–H groups in total. The molecule has 0 aromatic carbocycles. The van der Waals surface area contributed by atoms with Gasteiger partial charge in [0.25, 0.3) is 0 Å². The third-order valence-electron chi connectivity index (χ3n) is 4.22. The van der Waals surface area contributed by atoms with Gasteiger partial charge in [-0.05, 0) is 28.2 Å². The van der Waals surface area contributed by atoms with Crippen LogP contribution in [0.2, 0.25) is 0 Å². The largest absolute Gasteiger partial charge is 0.480 e. The van der Waals surface area contributed by atoms with Gasteiger partial charge in [0.15, 0.2) is 0 Å². The highest BCUT2D eigenvalue weighted by Crippen LogP contribution is 2.40. The van der Waals surface area contributed by atoms with Crippen molar-refractivity contribution < 1.29 is 14.8 Å². The van der Waals surface area contributed by atoms with Crippen LogP contribution in [-0.2, 0) is 11.8 Å². The van der Waals surface area contributed by atoms with Crippen molar-refractivity contribution in [1.29, 1.82) is 0 Å². The minimum Gasteiger partial charge on any atom is -0.480 e. The second kappa shape index (κ2) is 5.01. The SMILES string of the molecule is Cc1nc([N+](=O)[O-])c(N2CCCC(C)(C)C2C(=O)O)n1C. The summed E-state index contributed by atoms with van der Waals surface area (Å²) in [4.78, 5) is 28.0. The molecule has 0 bridgehead atoms. The van der Waals surface area contributed by atoms with E-state index in [0.29, 0.717) is 12.4 Å². The lowest BCUT2D eigenvalue weighted by molar-refractivity contribution is -0.388. The molecule has 116 valence electrons. The summed E-state index contributed by atoms with van der Waals surface area (Å²) < 4.78 is 1.59. The smallest absolute Gasteiger partial charge is 0.406 e. The first kappa shape index (κ1) is 15.3. The van der Waals surface area contributed by atoms with Crippen LogP contribution in [-0.4, -0.2) is 38.1 Å². The van der Waals surface area contributed by atoms with Crippen molar-refractivity contribution in [3.05, 3.63) is 15.9 Å². The number of imidazole rings is 1. The molecule has 1 aromatic heterocycles. The van der Waals surface area contributed by atoms with E-state index in [4.69, 9.17) is 0 Å². The monoisotopic (exact) mass is 296 g/mol. The van der Waals surface area contributed by atoms with E-state index in [1.165, 1.54) is 0 Å². The van der Waals surface area contributed by atoms with Gasteiger partial charge in [0.2, 0.25) is 11.6 Å². The van der Waals surface area contributed by atoms with E-state index in [-0.39, 0.29) is 11.6 Å². The third kappa shape index (κ3) is 2.45. The van der Waals surface area contributed by atoms with Crippen molar-refractivity contribution in [1.82, 2.24) is 9.55 Å². The van der Waals surface area contributed by atoms with Gasteiger partial charge in [-0.3, -0.25) is 4.57 Å². The molecule has 0 radical (unpaired) electrons. The maximum atomic E-state index is 11.7. The van der Waals surface area contributed by atoms with E-state index < -0.39 is 22.3 Å². The summed E-state index contributed by atoms with van der Waals surface area (Å²) in [6.07, 6.45) is 1.56. The highest BCUT2D eigenvalue weighted by atomic mass is 16.6. The standard InChI is InChI=1S/C13H20N4O4/c1-8-14-10(17(20)21)11(15(8)4)16-7-5-6-13(2,3)9(16)12(18)19/h9H,5-7H2,1-4H3,(H,18,19). The molecular weight excluding hydrogens is 276 g/mol. The first-order valence-corrected chi connectivity index (χ1v) is 6.84. The second-order valence-corrected chi connectivity index (χ2v) is 6.15. The zero-order chi connectivity index (χ0) is 15.9. The van der Waals surface area contributed by atoms with Crippen LogP contribution in [0.5, 0.6) is 0 Å². The number of hydrogen-bond acceptors (Lipinski definition) is 5. The number of carboxylic acid groups (broad SMARTS) is 1. The van der Waals surface area contributed by atoms with Crippen molar-refractivity contribution in [2.24, 2.45) is 12.5 Å². The van der Waals surface area contributed by atoms with Gasteiger partial charge in [-0.1, -0.05) is 13.8 Å². The van der Waals surface area contributed by atoms with Gasteiger partial charge < -0.3 is 20.1 Å². The lowest BCUT2D eigenvalue weighted by Gasteiger charge is -2.44. The van der Waals surface area contributed by atoms with Crippen LogP contribution in [0, 0.1) is 22.5 Å². The minimum atomic E-state index is -0.965. The Balaban J connectivity index is 2.58. The van der Waals surface area contributed by atoms with Crippen molar-refractivity contribution in [3.8, 4) is 0 Å². The van der Waals surface area contributed by atoms with E-state index in [2.05, 4.69) is 4.98 Å². The highest BCUT2D eigenvalue weighted by molar-refractivity contribution is 5.80. The third-order valence-corrected chi connectivity index (χ3v) is 4.22. The fraction of sp³-hybridized carbons (Fsp3) is 0.692. The van der Waals surface area contributed by atoms with Crippen LogP contribution in [0.1, 0.15) is 32.5 Å². The number of hydrogen-bond donors (Lipinski definition) is 1. The minimum absolute atomic E-state index is 0.276. The fourth-order valence-electron chi connectivity index (χ4n) is 3.11. The summed E-state index contributed by atoms with van der Waals surface area (Å²) in [5.41, 5.74) is -0.462. The Labute approximate surface area is 122 Å².